The van der Waals surface area contributed by atoms with Crippen LogP contribution in [0.25, 0.3) is 5.69 Å². The van der Waals surface area contributed by atoms with Crippen LogP contribution in [0, 0.1) is 13.0 Å². The van der Waals surface area contributed by atoms with E-state index in [1.807, 2.05) is 0 Å². The van der Waals surface area contributed by atoms with Gasteiger partial charge in [0.25, 0.3) is 0 Å². The minimum atomic E-state index is -3.02. The molecule has 104 valence electrons. The molecule has 0 amide bonds. The van der Waals surface area contributed by atoms with Crippen molar-refractivity contribution in [1.82, 2.24) is 9.13 Å². The van der Waals surface area contributed by atoms with Crippen molar-refractivity contribution in [3.05, 3.63) is 61.9 Å². The maximum Gasteiger partial charge on any atom is 2.00 e. The van der Waals surface area contributed by atoms with Crippen molar-refractivity contribution in [3.63, 3.8) is 0 Å². The Morgan fingerprint density at radius 1 is 1.30 bits per heavy atom. The van der Waals surface area contributed by atoms with Gasteiger partial charge in [-0.3, -0.25) is 9.36 Å². The van der Waals surface area contributed by atoms with E-state index in [-0.39, 0.29) is 42.0 Å². The quantitative estimate of drug-likeness (QED) is 0.633. The van der Waals surface area contributed by atoms with Crippen molar-refractivity contribution in [2.45, 2.75) is 13.5 Å². The molecule has 1 heterocycles. The van der Waals surface area contributed by atoms with E-state index in [4.69, 9.17) is 11.6 Å². The minimum Gasteiger partial charge on any atom is -0.284 e. The number of rotatable bonds is 2. The minimum absolute atomic E-state index is 0. The molecule has 0 spiro atoms. The molecule has 2 aromatic rings. The van der Waals surface area contributed by atoms with Crippen LogP contribution in [0.4, 0.5) is 8.78 Å². The molecule has 1 aromatic heterocycles. The number of halogens is 3. The van der Waals surface area contributed by atoms with Gasteiger partial charge in [-0.15, -0.1) is 17.7 Å². The van der Waals surface area contributed by atoms with Gasteiger partial charge in [0.2, 0.25) is 5.56 Å². The second-order valence-corrected chi connectivity index (χ2v) is 4.19. The van der Waals surface area contributed by atoms with Crippen LogP contribution >= 0.6 is 11.6 Å². The Bertz CT molecular complexity index is 726. The second-order valence-electron chi connectivity index (χ2n) is 3.78. The fraction of sp³-hybridized carbons (Fsp3) is 0.167. The normalized spacial score (nSPS) is 10.4. The van der Waals surface area contributed by atoms with E-state index in [2.05, 4.69) is 6.07 Å². The van der Waals surface area contributed by atoms with Gasteiger partial charge in [0.15, 0.2) is 0 Å². The molecule has 0 fully saturated rings. The van der Waals surface area contributed by atoms with Crippen LogP contribution in [0.5, 0.6) is 0 Å². The predicted octanol–water partition coefficient (Wildman–Crippen LogP) is 2.15. The first kappa shape index (κ1) is 16.8. The summed E-state index contributed by atoms with van der Waals surface area (Å²) in [5.41, 5.74) is -1.75. The standard InChI is InChI=1S/C12H8ClF2N2O2.W/c1-7-6-10(18)17(12(19)16(7)11(14)15)9-4-2-8(13)3-5-9;/h2,4-6,11H,1H3;/q-1;+2. The summed E-state index contributed by atoms with van der Waals surface area (Å²) in [6.45, 7) is -1.75. The first-order chi connectivity index (χ1) is 8.91. The van der Waals surface area contributed by atoms with Crippen LogP contribution < -0.4 is 11.2 Å². The van der Waals surface area contributed by atoms with Crippen molar-refractivity contribution >= 4 is 11.6 Å². The van der Waals surface area contributed by atoms with E-state index < -0.39 is 17.8 Å². The van der Waals surface area contributed by atoms with Crippen molar-refractivity contribution in [2.24, 2.45) is 0 Å². The van der Waals surface area contributed by atoms with Gasteiger partial charge in [0.05, 0.1) is 0 Å². The van der Waals surface area contributed by atoms with Gasteiger partial charge in [0.1, 0.15) is 0 Å². The van der Waals surface area contributed by atoms with Gasteiger partial charge >= 0.3 is 33.3 Å². The van der Waals surface area contributed by atoms with E-state index in [1.54, 1.807) is 0 Å². The third kappa shape index (κ3) is 3.07. The number of benzene rings is 1. The van der Waals surface area contributed by atoms with Crippen molar-refractivity contribution in [1.29, 1.82) is 0 Å². The van der Waals surface area contributed by atoms with E-state index in [9.17, 15) is 18.4 Å². The van der Waals surface area contributed by atoms with Gasteiger partial charge in [0, 0.05) is 11.8 Å². The number of nitrogens with zero attached hydrogens (tertiary/aromatic N) is 2. The van der Waals surface area contributed by atoms with Gasteiger partial charge < -0.3 is 0 Å². The molecule has 8 heteroatoms. The zero-order valence-electron chi connectivity index (χ0n) is 10.1. The van der Waals surface area contributed by atoms with Crippen LogP contribution in [0.3, 0.4) is 0 Å². The largest absolute Gasteiger partial charge is 2.00 e. The van der Waals surface area contributed by atoms with Crippen molar-refractivity contribution in [3.8, 4) is 5.69 Å². The van der Waals surface area contributed by atoms with Crippen LogP contribution in [-0.2, 0) is 21.1 Å². The van der Waals surface area contributed by atoms with Crippen LogP contribution in [0.15, 0.2) is 33.9 Å². The zero-order valence-corrected chi connectivity index (χ0v) is 13.8. The molecular formula is C12H8ClF2N2O2W+. The first-order valence-electron chi connectivity index (χ1n) is 5.23. The van der Waals surface area contributed by atoms with Gasteiger partial charge in [-0.05, 0) is 6.92 Å². The molecule has 0 radical (unpaired) electrons. The summed E-state index contributed by atoms with van der Waals surface area (Å²) >= 11 is 5.64. The summed E-state index contributed by atoms with van der Waals surface area (Å²) in [5.74, 6) is 0. The Labute approximate surface area is 131 Å². The van der Waals surface area contributed by atoms with Crippen LogP contribution in [-0.4, -0.2) is 9.13 Å². The number of alkyl halides is 2. The Kier molecular flexibility index (Phi) is 5.42. The summed E-state index contributed by atoms with van der Waals surface area (Å²) in [6.07, 6.45) is 0. The summed E-state index contributed by atoms with van der Waals surface area (Å²) in [7, 11) is 0. The Hall–Kier alpha value is -1.26. The Morgan fingerprint density at radius 2 is 1.95 bits per heavy atom. The third-order valence-electron chi connectivity index (χ3n) is 2.54. The molecule has 1 aromatic carbocycles. The van der Waals surface area contributed by atoms with Crippen molar-refractivity contribution < 1.29 is 29.8 Å². The fourth-order valence-corrected chi connectivity index (χ4v) is 1.80. The average Bonchev–Trinajstić information content (AvgIpc) is 2.30. The monoisotopic (exact) mass is 469 g/mol. The molecule has 0 aliphatic rings. The summed E-state index contributed by atoms with van der Waals surface area (Å²) in [6, 6.07) is 7.64. The summed E-state index contributed by atoms with van der Waals surface area (Å²) in [4.78, 5) is 23.7. The maximum atomic E-state index is 12.8. The molecule has 0 N–H and O–H groups in total. The number of hydrogen-bond donors (Lipinski definition) is 0. The molecule has 20 heavy (non-hydrogen) atoms. The Morgan fingerprint density at radius 3 is 2.45 bits per heavy atom. The maximum absolute atomic E-state index is 12.8. The van der Waals surface area contributed by atoms with Crippen LogP contribution in [0.2, 0.25) is 5.02 Å². The molecule has 2 rings (SSSR count). The molecule has 0 saturated heterocycles. The molecule has 0 saturated carbocycles. The number of aromatic nitrogens is 2. The fourth-order valence-electron chi connectivity index (χ4n) is 1.68. The van der Waals surface area contributed by atoms with E-state index in [1.165, 1.54) is 25.1 Å². The first-order valence-corrected chi connectivity index (χ1v) is 5.60. The van der Waals surface area contributed by atoms with Gasteiger partial charge in [-0.2, -0.15) is 27.0 Å². The molecule has 0 aliphatic heterocycles. The molecule has 0 atom stereocenters. The second kappa shape index (κ2) is 6.46. The molecule has 4 nitrogen and oxygen atoms in total. The molecule has 0 aliphatic carbocycles. The van der Waals surface area contributed by atoms with Gasteiger partial charge in [-0.25, -0.2) is 9.36 Å². The molecular weight excluding hydrogens is 461 g/mol. The van der Waals surface area contributed by atoms with Gasteiger partial charge in [-0.1, -0.05) is 10.7 Å². The SMILES string of the molecule is Cc1cc(=O)n(-c2c[c-]c(Cl)cc2)c(=O)n1C(F)F.[W+2]. The molecule has 0 bridgehead atoms. The third-order valence-corrected chi connectivity index (χ3v) is 2.78. The smallest absolute Gasteiger partial charge is 0.284 e. The van der Waals surface area contributed by atoms with E-state index >= 15 is 0 Å². The predicted molar refractivity (Wildman–Crippen MR) is 66.1 cm³/mol. The topological polar surface area (TPSA) is 44.0 Å². The van der Waals surface area contributed by atoms with Crippen molar-refractivity contribution in [2.75, 3.05) is 0 Å². The Balaban J connectivity index is 0.00000200. The molecule has 0 unspecified atom stereocenters. The zero-order chi connectivity index (χ0) is 14.2. The number of hydrogen-bond acceptors (Lipinski definition) is 2. The van der Waals surface area contributed by atoms with E-state index in [0.717, 1.165) is 6.07 Å². The van der Waals surface area contributed by atoms with Crippen LogP contribution in [0.1, 0.15) is 12.2 Å². The number of aryl methyl sites for hydroxylation is 1. The summed E-state index contributed by atoms with van der Waals surface area (Å²) in [5, 5.41) is 0.290. The van der Waals surface area contributed by atoms with E-state index in [0.29, 0.717) is 4.57 Å². The average molecular weight is 469 g/mol. The summed E-state index contributed by atoms with van der Waals surface area (Å²) < 4.78 is 26.5.